The van der Waals surface area contributed by atoms with Crippen molar-refractivity contribution in [3.8, 4) is 0 Å². The Kier molecular flexibility index (Phi) is 8.71. The van der Waals surface area contributed by atoms with Gasteiger partial charge in [0.25, 0.3) is 0 Å². The molecule has 0 N–H and O–H groups in total. The summed E-state index contributed by atoms with van der Waals surface area (Å²) in [6.45, 7) is 7.69. The van der Waals surface area contributed by atoms with E-state index in [1.54, 1.807) is 0 Å². The molecule has 0 saturated heterocycles. The van der Waals surface area contributed by atoms with Crippen molar-refractivity contribution in [1.82, 2.24) is 0 Å². The quantitative estimate of drug-likeness (QED) is 0.514. The Morgan fingerprint density at radius 3 is 1.70 bits per heavy atom. The van der Waals surface area contributed by atoms with Crippen molar-refractivity contribution < 1.29 is 47.7 Å². The first-order valence-electron chi connectivity index (χ1n) is 7.27. The smallest absolute Gasteiger partial charge is 0.421 e. The van der Waals surface area contributed by atoms with Crippen molar-refractivity contribution in [2.75, 3.05) is 0 Å². The number of unbranched alkanes of at least 4 members (excludes halogenated alkanes) is 1. The van der Waals surface area contributed by atoms with Gasteiger partial charge in [-0.25, -0.2) is 21.4 Å². The number of hydrogen-bond donors (Lipinski definition) is 0. The summed E-state index contributed by atoms with van der Waals surface area (Å²) in [4.78, 5) is 0. The van der Waals surface area contributed by atoms with E-state index < -0.39 is 31.1 Å². The van der Waals surface area contributed by atoms with E-state index in [0.717, 1.165) is 10.7 Å². The lowest BCUT2D eigenvalue weighted by Gasteiger charge is -2.22. The first-order chi connectivity index (χ1) is 11.9. The maximum Gasteiger partial charge on any atom is 0.480 e. The van der Waals surface area contributed by atoms with Gasteiger partial charge in [-0.05, 0) is 19.4 Å². The third kappa shape index (κ3) is 8.01. The average Bonchev–Trinajstić information content (AvgIpc) is 2.46. The first-order valence-corrected chi connectivity index (χ1v) is 10.2. The molecule has 0 aromatic carbocycles. The maximum atomic E-state index is 11.4. The lowest BCUT2D eigenvalue weighted by molar-refractivity contribution is -0.697. The molecule has 6 nitrogen and oxygen atoms in total. The molecule has 27 heavy (non-hydrogen) atoms. The molecule has 0 atom stereocenters. The Balaban J connectivity index is 0.000000511. The molecule has 1 aromatic heterocycles. The second kappa shape index (κ2) is 9.19. The van der Waals surface area contributed by atoms with Crippen LogP contribution in [0.1, 0.15) is 30.9 Å². The molecule has 0 aliphatic rings. The summed E-state index contributed by atoms with van der Waals surface area (Å²) in [5, 5.41) is 0. The molecule has 158 valence electrons. The molecule has 1 rings (SSSR count). The third-order valence-corrected chi connectivity index (χ3v) is 5.79. The second-order valence-electron chi connectivity index (χ2n) is 5.32. The number of sulfonamides is 2. The van der Waals surface area contributed by atoms with Gasteiger partial charge in [0, 0.05) is 18.1 Å². The number of aryl methyl sites for hydroxylation is 3. The largest absolute Gasteiger partial charge is 0.480 e. The number of aromatic nitrogens is 1. The van der Waals surface area contributed by atoms with E-state index in [0.29, 0.717) is 0 Å². The molecule has 0 bridgehead atoms. The Hall–Kier alpha value is -1.41. The van der Waals surface area contributed by atoms with E-state index in [1.165, 1.54) is 24.0 Å². The predicted molar refractivity (Wildman–Crippen MR) is 84.3 cm³/mol. The highest BCUT2D eigenvalue weighted by Gasteiger charge is 2.46. The van der Waals surface area contributed by atoms with Crippen LogP contribution in [0.15, 0.2) is 18.5 Å². The van der Waals surface area contributed by atoms with Crippen LogP contribution >= 0.6 is 0 Å². The summed E-state index contributed by atoms with van der Waals surface area (Å²) in [5.41, 5.74) is -9.65. The molecule has 14 heteroatoms. The van der Waals surface area contributed by atoms with Gasteiger partial charge in [0.1, 0.15) is 6.54 Å². The number of pyridine rings is 1. The fraction of sp³-hybridized carbons (Fsp3) is 0.615. The van der Waals surface area contributed by atoms with Crippen LogP contribution in [0, 0.1) is 13.8 Å². The van der Waals surface area contributed by atoms with Crippen LogP contribution in [0.25, 0.3) is 4.13 Å². The van der Waals surface area contributed by atoms with Crippen molar-refractivity contribution in [1.29, 1.82) is 0 Å². The topological polar surface area (TPSA) is 86.3 Å². The zero-order valence-electron chi connectivity index (χ0n) is 14.5. The first kappa shape index (κ1) is 25.6. The minimum absolute atomic E-state index is 0.778. The summed E-state index contributed by atoms with van der Waals surface area (Å²) in [7, 11) is -13.4. The minimum atomic E-state index is -6.72. The van der Waals surface area contributed by atoms with Crippen LogP contribution in [0.2, 0.25) is 0 Å². The van der Waals surface area contributed by atoms with Crippen molar-refractivity contribution in [2.45, 2.75) is 51.2 Å². The van der Waals surface area contributed by atoms with Crippen molar-refractivity contribution in [2.24, 2.45) is 0 Å². The highest BCUT2D eigenvalue weighted by atomic mass is 32.3. The van der Waals surface area contributed by atoms with Crippen LogP contribution in [-0.4, -0.2) is 27.9 Å². The lowest BCUT2D eigenvalue weighted by Crippen LogP contribution is -2.33. The van der Waals surface area contributed by atoms with Crippen LogP contribution in [0.5, 0.6) is 0 Å². The number of nitrogens with zero attached hydrogens (tertiary/aromatic N) is 2. The average molecular weight is 444 g/mol. The zero-order valence-corrected chi connectivity index (χ0v) is 16.1. The second-order valence-corrected chi connectivity index (χ2v) is 8.74. The van der Waals surface area contributed by atoms with Crippen LogP contribution in [-0.2, 0) is 26.6 Å². The fourth-order valence-electron chi connectivity index (χ4n) is 1.43. The van der Waals surface area contributed by atoms with Gasteiger partial charge < -0.3 is 4.13 Å². The standard InChI is InChI=1S/C11H18N.C2F6NO4S2/c1-4-5-7-12-8-6-10(2)11(3)9-12;3-1(4,5)14(10,11)9-15(12,13)2(6,7)8/h6,8-9H,4-5,7H2,1-3H3;/q+1;-1. The summed E-state index contributed by atoms with van der Waals surface area (Å²) >= 11 is 0. The van der Waals surface area contributed by atoms with E-state index in [9.17, 15) is 43.2 Å². The molecular weight excluding hydrogens is 426 g/mol. The molecule has 0 unspecified atom stereocenters. The van der Waals surface area contributed by atoms with Crippen molar-refractivity contribution in [3.63, 3.8) is 0 Å². The SMILES string of the molecule is CCCC[n+]1ccc(C)c(C)c1.O=S(=O)([N-]S(=O)(=O)C(F)(F)F)C(F)(F)F. The van der Waals surface area contributed by atoms with E-state index in [1.807, 2.05) is 0 Å². The highest BCUT2D eigenvalue weighted by molar-refractivity contribution is 8.13. The van der Waals surface area contributed by atoms with Crippen LogP contribution in [0.3, 0.4) is 0 Å². The van der Waals surface area contributed by atoms with Crippen molar-refractivity contribution in [3.05, 3.63) is 33.7 Å². The molecule has 0 spiro atoms. The highest BCUT2D eigenvalue weighted by Crippen LogP contribution is 2.36. The summed E-state index contributed by atoms with van der Waals surface area (Å²) in [6.07, 6.45) is 6.93. The third-order valence-electron chi connectivity index (χ3n) is 3.05. The molecule has 0 aliphatic carbocycles. The van der Waals surface area contributed by atoms with Gasteiger partial charge in [0.2, 0.25) is 0 Å². The van der Waals surface area contributed by atoms with Gasteiger partial charge in [-0.1, -0.05) is 13.3 Å². The number of alkyl halides is 6. The van der Waals surface area contributed by atoms with E-state index in [4.69, 9.17) is 0 Å². The molecule has 0 fully saturated rings. The fourth-order valence-corrected chi connectivity index (χ4v) is 3.14. The molecule has 0 radical (unpaired) electrons. The van der Waals surface area contributed by atoms with Crippen LogP contribution in [0.4, 0.5) is 26.3 Å². The molecule has 0 amide bonds. The van der Waals surface area contributed by atoms with Gasteiger partial charge in [0.15, 0.2) is 32.4 Å². The van der Waals surface area contributed by atoms with Gasteiger partial charge in [-0.15, -0.1) is 0 Å². The Morgan fingerprint density at radius 1 is 0.926 bits per heavy atom. The molecule has 0 saturated carbocycles. The minimum Gasteiger partial charge on any atom is -0.421 e. The molecule has 0 aliphatic heterocycles. The normalized spacial score (nSPS) is 13.1. The zero-order chi connectivity index (χ0) is 21.7. The summed E-state index contributed by atoms with van der Waals surface area (Å²) in [5.74, 6) is 0. The van der Waals surface area contributed by atoms with E-state index in [-0.39, 0.29) is 0 Å². The Labute approximate surface area is 153 Å². The molecule has 1 heterocycles. The van der Waals surface area contributed by atoms with E-state index >= 15 is 0 Å². The Bertz CT molecular complexity index is 791. The Morgan fingerprint density at radius 2 is 1.37 bits per heavy atom. The monoisotopic (exact) mass is 444 g/mol. The maximum absolute atomic E-state index is 11.4. The predicted octanol–water partition coefficient (Wildman–Crippen LogP) is 3.45. The lowest BCUT2D eigenvalue weighted by atomic mass is 10.2. The summed E-state index contributed by atoms with van der Waals surface area (Å²) < 4.78 is 111. The number of rotatable bonds is 5. The van der Waals surface area contributed by atoms with Gasteiger partial charge in [-0.3, -0.25) is 0 Å². The molecule has 1 aromatic rings. The van der Waals surface area contributed by atoms with Crippen molar-refractivity contribution >= 4 is 20.0 Å². The van der Waals surface area contributed by atoms with Gasteiger partial charge in [-0.2, -0.15) is 26.3 Å². The van der Waals surface area contributed by atoms with Gasteiger partial charge in [0.05, 0.1) is 0 Å². The summed E-state index contributed by atoms with van der Waals surface area (Å²) in [6, 6.07) is 2.19. The number of halogens is 6. The number of hydrogen-bond acceptors (Lipinski definition) is 4. The van der Waals surface area contributed by atoms with Gasteiger partial charge >= 0.3 is 11.0 Å². The van der Waals surface area contributed by atoms with Crippen LogP contribution < -0.4 is 4.57 Å². The van der Waals surface area contributed by atoms with E-state index in [2.05, 4.69) is 43.8 Å². The molecular formula is C13H18F6N2O4S2.